The van der Waals surface area contributed by atoms with Gasteiger partial charge in [-0.1, -0.05) is 11.6 Å². The van der Waals surface area contributed by atoms with E-state index in [9.17, 15) is 9.18 Å². The monoisotopic (exact) mass is 337 g/mol. The van der Waals surface area contributed by atoms with Crippen LogP contribution in [0.3, 0.4) is 0 Å². The maximum atomic E-state index is 13.3. The number of carbonyl (C=O) groups is 1. The summed E-state index contributed by atoms with van der Waals surface area (Å²) in [5, 5.41) is 2.65. The van der Waals surface area contributed by atoms with Gasteiger partial charge in [-0.3, -0.25) is 4.79 Å². The lowest BCUT2D eigenvalue weighted by Gasteiger charge is -2.11. The van der Waals surface area contributed by atoms with Crippen molar-refractivity contribution in [1.82, 2.24) is 0 Å². The van der Waals surface area contributed by atoms with Crippen molar-refractivity contribution in [3.63, 3.8) is 0 Å². The average molecular weight is 338 g/mol. The molecule has 0 saturated carbocycles. The minimum absolute atomic E-state index is 0.297. The molecular weight excluding hydrogens is 325 g/mol. The first-order chi connectivity index (χ1) is 9.51. The Balaban J connectivity index is 2.32. The topological polar surface area (TPSA) is 38.3 Å². The van der Waals surface area contributed by atoms with E-state index in [0.717, 1.165) is 5.56 Å². The van der Waals surface area contributed by atoms with Crippen LogP contribution in [0, 0.1) is 12.7 Å². The van der Waals surface area contributed by atoms with Crippen LogP contribution in [0.1, 0.15) is 15.9 Å². The third kappa shape index (κ3) is 3.17. The number of halogens is 2. The first kappa shape index (κ1) is 14.5. The maximum absolute atomic E-state index is 13.3. The number of benzene rings is 2. The lowest BCUT2D eigenvalue weighted by molar-refractivity contribution is 0.102. The molecule has 0 atom stereocenters. The summed E-state index contributed by atoms with van der Waals surface area (Å²) < 4.78 is 19.0. The number of anilines is 1. The number of carbonyl (C=O) groups excluding carboxylic acids is 1. The van der Waals surface area contributed by atoms with Gasteiger partial charge in [-0.25, -0.2) is 4.39 Å². The van der Waals surface area contributed by atoms with Crippen molar-refractivity contribution >= 4 is 27.5 Å². The van der Waals surface area contributed by atoms with E-state index in [1.165, 1.54) is 25.3 Å². The zero-order chi connectivity index (χ0) is 14.7. The van der Waals surface area contributed by atoms with Crippen LogP contribution < -0.4 is 10.1 Å². The number of hydrogen-bond donors (Lipinski definition) is 1. The van der Waals surface area contributed by atoms with Crippen molar-refractivity contribution in [3.8, 4) is 5.75 Å². The Hall–Kier alpha value is -1.88. The average Bonchev–Trinajstić information content (AvgIpc) is 2.41. The predicted molar refractivity (Wildman–Crippen MR) is 79.8 cm³/mol. The van der Waals surface area contributed by atoms with Gasteiger partial charge in [-0.05, 0) is 47.1 Å². The zero-order valence-electron chi connectivity index (χ0n) is 11.0. The van der Waals surface area contributed by atoms with Gasteiger partial charge < -0.3 is 10.1 Å². The second kappa shape index (κ2) is 6.05. The zero-order valence-corrected chi connectivity index (χ0v) is 12.6. The lowest BCUT2D eigenvalue weighted by Crippen LogP contribution is -2.13. The molecule has 0 saturated heterocycles. The third-order valence-electron chi connectivity index (χ3n) is 2.78. The van der Waals surface area contributed by atoms with Gasteiger partial charge >= 0.3 is 0 Å². The molecule has 2 aromatic rings. The van der Waals surface area contributed by atoms with E-state index in [4.69, 9.17) is 4.74 Å². The molecule has 2 aromatic carbocycles. The Bertz CT molecular complexity index is 658. The molecule has 1 amide bonds. The standard InChI is InChI=1S/C15H13BrFNO2/c1-9-3-5-12(16)11(7-9)15(19)18-13-8-10(17)4-6-14(13)20-2/h3-8H,1-2H3,(H,18,19). The third-order valence-corrected chi connectivity index (χ3v) is 3.47. The summed E-state index contributed by atoms with van der Waals surface area (Å²) in [5.74, 6) is -0.364. The molecule has 3 nitrogen and oxygen atoms in total. The summed E-state index contributed by atoms with van der Waals surface area (Å²) in [5.41, 5.74) is 1.74. The molecule has 5 heteroatoms. The second-order valence-electron chi connectivity index (χ2n) is 4.28. The SMILES string of the molecule is COc1ccc(F)cc1NC(=O)c1cc(C)ccc1Br. The number of hydrogen-bond acceptors (Lipinski definition) is 2. The molecule has 0 heterocycles. The Labute approximate surface area is 124 Å². The molecule has 104 valence electrons. The first-order valence-corrected chi connectivity index (χ1v) is 6.71. The van der Waals surface area contributed by atoms with E-state index in [-0.39, 0.29) is 5.91 Å². The quantitative estimate of drug-likeness (QED) is 0.913. The summed E-state index contributed by atoms with van der Waals surface area (Å²) in [6.07, 6.45) is 0. The van der Waals surface area contributed by atoms with Gasteiger partial charge in [0.25, 0.3) is 5.91 Å². The van der Waals surface area contributed by atoms with Gasteiger partial charge in [0.05, 0.1) is 18.4 Å². The van der Waals surface area contributed by atoms with E-state index in [0.29, 0.717) is 21.5 Å². The van der Waals surface area contributed by atoms with Crippen molar-refractivity contribution in [2.45, 2.75) is 6.92 Å². The number of methoxy groups -OCH3 is 1. The molecule has 0 aliphatic rings. The maximum Gasteiger partial charge on any atom is 0.256 e. The first-order valence-electron chi connectivity index (χ1n) is 5.92. The second-order valence-corrected chi connectivity index (χ2v) is 5.14. The lowest BCUT2D eigenvalue weighted by atomic mass is 10.1. The van der Waals surface area contributed by atoms with Crippen molar-refractivity contribution < 1.29 is 13.9 Å². The molecule has 0 bridgehead atoms. The fourth-order valence-electron chi connectivity index (χ4n) is 1.78. The molecule has 0 aromatic heterocycles. The van der Waals surface area contributed by atoms with Crippen molar-refractivity contribution in [2.75, 3.05) is 12.4 Å². The van der Waals surface area contributed by atoms with Gasteiger partial charge in [0.15, 0.2) is 0 Å². The van der Waals surface area contributed by atoms with Crippen LogP contribution in [0.4, 0.5) is 10.1 Å². The van der Waals surface area contributed by atoms with Gasteiger partial charge in [0.1, 0.15) is 11.6 Å². The Kier molecular flexibility index (Phi) is 4.39. The summed E-state index contributed by atoms with van der Waals surface area (Å²) in [7, 11) is 1.46. The van der Waals surface area contributed by atoms with Crippen LogP contribution in [-0.2, 0) is 0 Å². The number of amides is 1. The molecule has 0 fully saturated rings. The van der Waals surface area contributed by atoms with E-state index < -0.39 is 5.82 Å². The van der Waals surface area contributed by atoms with Crippen LogP contribution in [0.15, 0.2) is 40.9 Å². The fourth-order valence-corrected chi connectivity index (χ4v) is 2.21. The molecule has 2 rings (SSSR count). The van der Waals surface area contributed by atoms with Gasteiger partial charge in [0.2, 0.25) is 0 Å². The Morgan fingerprint density at radius 2 is 2.00 bits per heavy atom. The minimum atomic E-state index is -0.440. The van der Waals surface area contributed by atoms with Crippen LogP contribution in [0.2, 0.25) is 0 Å². The fraction of sp³-hybridized carbons (Fsp3) is 0.133. The minimum Gasteiger partial charge on any atom is -0.495 e. The highest BCUT2D eigenvalue weighted by atomic mass is 79.9. The van der Waals surface area contributed by atoms with Crippen LogP contribution >= 0.6 is 15.9 Å². The highest BCUT2D eigenvalue weighted by molar-refractivity contribution is 9.10. The smallest absolute Gasteiger partial charge is 0.256 e. The Morgan fingerprint density at radius 3 is 2.70 bits per heavy atom. The molecule has 0 aliphatic carbocycles. The van der Waals surface area contributed by atoms with Gasteiger partial charge in [0, 0.05) is 10.5 Å². The van der Waals surface area contributed by atoms with Crippen LogP contribution in [0.25, 0.3) is 0 Å². The van der Waals surface area contributed by atoms with Crippen molar-refractivity contribution in [2.24, 2.45) is 0 Å². The van der Waals surface area contributed by atoms with Crippen LogP contribution in [0.5, 0.6) is 5.75 Å². The summed E-state index contributed by atoms with van der Waals surface area (Å²) in [4.78, 5) is 12.2. The largest absolute Gasteiger partial charge is 0.495 e. The summed E-state index contributed by atoms with van der Waals surface area (Å²) in [6.45, 7) is 1.89. The molecular formula is C15H13BrFNO2. The van der Waals surface area contributed by atoms with E-state index in [1.54, 1.807) is 12.1 Å². The molecule has 1 N–H and O–H groups in total. The molecule has 0 aliphatic heterocycles. The number of rotatable bonds is 3. The van der Waals surface area contributed by atoms with Gasteiger partial charge in [-0.2, -0.15) is 0 Å². The van der Waals surface area contributed by atoms with Gasteiger partial charge in [-0.15, -0.1) is 0 Å². The van der Waals surface area contributed by atoms with Crippen LogP contribution in [-0.4, -0.2) is 13.0 Å². The number of aryl methyl sites for hydroxylation is 1. The predicted octanol–water partition coefficient (Wildman–Crippen LogP) is 4.16. The molecule has 0 unspecified atom stereocenters. The summed E-state index contributed by atoms with van der Waals surface area (Å²) >= 11 is 3.33. The van der Waals surface area contributed by atoms with E-state index in [1.807, 2.05) is 13.0 Å². The molecule has 0 spiro atoms. The highest BCUT2D eigenvalue weighted by Crippen LogP contribution is 2.26. The van der Waals surface area contributed by atoms with Crippen molar-refractivity contribution in [3.05, 3.63) is 57.8 Å². The number of nitrogens with one attached hydrogen (secondary N) is 1. The summed E-state index contributed by atoms with van der Waals surface area (Å²) in [6, 6.07) is 9.41. The Morgan fingerprint density at radius 1 is 1.25 bits per heavy atom. The highest BCUT2D eigenvalue weighted by Gasteiger charge is 2.13. The van der Waals surface area contributed by atoms with E-state index >= 15 is 0 Å². The van der Waals surface area contributed by atoms with Crippen molar-refractivity contribution in [1.29, 1.82) is 0 Å². The number of ether oxygens (including phenoxy) is 1. The van der Waals surface area contributed by atoms with E-state index in [2.05, 4.69) is 21.2 Å². The molecule has 20 heavy (non-hydrogen) atoms. The normalized spacial score (nSPS) is 10.2. The molecule has 0 radical (unpaired) electrons.